The molecule has 0 heterocycles. The Morgan fingerprint density at radius 1 is 1.00 bits per heavy atom. The monoisotopic (exact) mass is 224 g/mol. The van der Waals surface area contributed by atoms with E-state index in [9.17, 15) is 0 Å². The van der Waals surface area contributed by atoms with E-state index in [1.165, 1.54) is 44.9 Å². The van der Waals surface area contributed by atoms with Crippen LogP contribution in [0.4, 0.5) is 0 Å². The van der Waals surface area contributed by atoms with Crippen molar-refractivity contribution in [1.82, 2.24) is 0 Å². The van der Waals surface area contributed by atoms with Gasteiger partial charge in [-0.1, -0.05) is 25.2 Å². The maximum atomic E-state index is 6.07. The molecule has 0 aromatic rings. The minimum Gasteiger partial charge on any atom is -0.123 e. The molecule has 2 rings (SSSR count). The Kier molecular flexibility index (Phi) is 4.39. The molecule has 0 nitrogen and oxygen atoms in total. The van der Waals surface area contributed by atoms with E-state index in [-0.39, 0.29) is 0 Å². The van der Waals surface area contributed by atoms with Crippen molar-refractivity contribution in [2.45, 2.75) is 63.2 Å². The smallest absolute Gasteiger partial charge is 0.0348 e. The largest absolute Gasteiger partial charge is 0.123 e. The van der Waals surface area contributed by atoms with Gasteiger partial charge in [0.05, 0.1) is 0 Å². The lowest BCUT2D eigenvalue weighted by Crippen LogP contribution is -2.04. The summed E-state index contributed by atoms with van der Waals surface area (Å²) in [4.78, 5) is 0. The van der Waals surface area contributed by atoms with Crippen LogP contribution in [0.2, 0.25) is 0 Å². The second kappa shape index (κ2) is 5.80. The zero-order chi connectivity index (χ0) is 10.5. The third-order valence-electron chi connectivity index (χ3n) is 3.79. The van der Waals surface area contributed by atoms with Crippen molar-refractivity contribution in [2.24, 2.45) is 11.8 Å². The Labute approximate surface area is 98.8 Å². The molecule has 15 heavy (non-hydrogen) atoms. The molecule has 1 heteroatoms. The van der Waals surface area contributed by atoms with Crippen LogP contribution in [0.25, 0.3) is 0 Å². The second-order valence-electron chi connectivity index (χ2n) is 5.14. The average molecular weight is 225 g/mol. The van der Waals surface area contributed by atoms with Crippen LogP contribution in [0, 0.1) is 23.7 Å². The minimum absolute atomic E-state index is 0.402. The number of hydrogen-bond donors (Lipinski definition) is 0. The quantitative estimate of drug-likeness (QED) is 0.459. The summed E-state index contributed by atoms with van der Waals surface area (Å²) in [5.41, 5.74) is 0. The van der Waals surface area contributed by atoms with Crippen molar-refractivity contribution in [3.05, 3.63) is 0 Å². The van der Waals surface area contributed by atoms with Crippen LogP contribution in [0.1, 0.15) is 57.8 Å². The molecule has 84 valence electrons. The first kappa shape index (κ1) is 11.3. The van der Waals surface area contributed by atoms with E-state index in [1.54, 1.807) is 0 Å². The molecule has 2 aliphatic rings. The van der Waals surface area contributed by atoms with Gasteiger partial charge in [0.1, 0.15) is 0 Å². The van der Waals surface area contributed by atoms with Crippen molar-refractivity contribution in [2.75, 3.05) is 0 Å². The molecule has 0 aromatic heterocycles. The summed E-state index contributed by atoms with van der Waals surface area (Å²) in [6, 6.07) is 0. The molecular weight excluding hydrogens is 204 g/mol. The molecule has 0 aromatic carbocycles. The van der Waals surface area contributed by atoms with E-state index in [0.29, 0.717) is 11.3 Å². The first-order chi connectivity index (χ1) is 7.34. The Hall–Kier alpha value is -0.150. The van der Waals surface area contributed by atoms with Crippen molar-refractivity contribution in [3.8, 4) is 11.8 Å². The summed E-state index contributed by atoms with van der Waals surface area (Å²) in [6.45, 7) is 0. The molecule has 2 aliphatic carbocycles. The highest BCUT2D eigenvalue weighted by molar-refractivity contribution is 6.20. The highest BCUT2D eigenvalue weighted by atomic mass is 35.5. The third-order valence-corrected chi connectivity index (χ3v) is 4.19. The maximum Gasteiger partial charge on any atom is 0.0348 e. The molecule has 0 saturated heterocycles. The molecular formula is C14H21Cl. The molecule has 0 radical (unpaired) electrons. The molecule has 2 atom stereocenters. The molecule has 0 spiro atoms. The van der Waals surface area contributed by atoms with E-state index in [1.807, 2.05) is 0 Å². The van der Waals surface area contributed by atoms with Crippen molar-refractivity contribution < 1.29 is 0 Å². The van der Waals surface area contributed by atoms with Gasteiger partial charge < -0.3 is 0 Å². The third kappa shape index (κ3) is 3.72. The van der Waals surface area contributed by atoms with Crippen LogP contribution in [0.15, 0.2) is 0 Å². The van der Waals surface area contributed by atoms with Gasteiger partial charge in [-0.25, -0.2) is 0 Å². The lowest BCUT2D eigenvalue weighted by Gasteiger charge is -2.18. The van der Waals surface area contributed by atoms with Gasteiger partial charge in [-0.3, -0.25) is 0 Å². The molecule has 0 amide bonds. The fourth-order valence-electron chi connectivity index (χ4n) is 2.80. The van der Waals surface area contributed by atoms with Gasteiger partial charge in [-0.2, -0.15) is 0 Å². The molecule has 2 saturated carbocycles. The molecule has 0 aliphatic heterocycles. The fraction of sp³-hybridized carbons (Fsp3) is 0.857. The minimum atomic E-state index is 0.402. The van der Waals surface area contributed by atoms with E-state index < -0.39 is 0 Å². The Bertz CT molecular complexity index is 242. The zero-order valence-electron chi connectivity index (χ0n) is 9.47. The van der Waals surface area contributed by atoms with Gasteiger partial charge in [0, 0.05) is 17.7 Å². The Morgan fingerprint density at radius 3 is 2.47 bits per heavy atom. The second-order valence-corrected chi connectivity index (χ2v) is 5.75. The number of alkyl halides is 1. The zero-order valence-corrected chi connectivity index (χ0v) is 10.2. The summed E-state index contributed by atoms with van der Waals surface area (Å²) in [6.07, 6.45) is 11.8. The predicted molar refractivity (Wildman–Crippen MR) is 66.0 cm³/mol. The summed E-state index contributed by atoms with van der Waals surface area (Å²) < 4.78 is 0. The van der Waals surface area contributed by atoms with E-state index >= 15 is 0 Å². The molecule has 0 bridgehead atoms. The number of hydrogen-bond acceptors (Lipinski definition) is 0. The van der Waals surface area contributed by atoms with Gasteiger partial charge in [-0.05, 0) is 38.0 Å². The van der Waals surface area contributed by atoms with Crippen LogP contribution in [0.5, 0.6) is 0 Å². The Morgan fingerprint density at radius 2 is 1.80 bits per heavy atom. The summed E-state index contributed by atoms with van der Waals surface area (Å²) in [5, 5.41) is 0.402. The fourth-order valence-corrected chi connectivity index (χ4v) is 3.14. The van der Waals surface area contributed by atoms with Crippen LogP contribution < -0.4 is 0 Å². The van der Waals surface area contributed by atoms with Gasteiger partial charge >= 0.3 is 0 Å². The first-order valence-electron chi connectivity index (χ1n) is 6.47. The summed E-state index contributed by atoms with van der Waals surface area (Å²) in [7, 11) is 0. The normalized spacial score (nSPS) is 32.3. The van der Waals surface area contributed by atoms with Crippen molar-refractivity contribution in [3.63, 3.8) is 0 Å². The van der Waals surface area contributed by atoms with E-state index in [2.05, 4.69) is 11.8 Å². The topological polar surface area (TPSA) is 0 Å². The van der Waals surface area contributed by atoms with E-state index in [0.717, 1.165) is 18.8 Å². The first-order valence-corrected chi connectivity index (χ1v) is 6.90. The summed E-state index contributed by atoms with van der Waals surface area (Å²) in [5.74, 6) is 8.34. The van der Waals surface area contributed by atoms with Gasteiger partial charge in [0.25, 0.3) is 0 Å². The van der Waals surface area contributed by atoms with Gasteiger partial charge in [0.2, 0.25) is 0 Å². The molecule has 0 N–H and O–H groups in total. The average Bonchev–Trinajstić information content (AvgIpc) is 2.66. The van der Waals surface area contributed by atoms with E-state index in [4.69, 9.17) is 11.6 Å². The van der Waals surface area contributed by atoms with Crippen LogP contribution in [0.3, 0.4) is 0 Å². The SMILES string of the molecule is ClC1CCC(C#CCC2CCCCC2)C1. The Balaban J connectivity index is 1.70. The van der Waals surface area contributed by atoms with Crippen LogP contribution in [-0.4, -0.2) is 5.38 Å². The predicted octanol–water partition coefficient (Wildman–Crippen LogP) is 4.37. The maximum absolute atomic E-state index is 6.07. The lowest BCUT2D eigenvalue weighted by molar-refractivity contribution is 0.365. The van der Waals surface area contributed by atoms with Crippen LogP contribution in [-0.2, 0) is 0 Å². The van der Waals surface area contributed by atoms with Crippen molar-refractivity contribution >= 4 is 11.6 Å². The van der Waals surface area contributed by atoms with Crippen LogP contribution >= 0.6 is 11.6 Å². The molecule has 2 unspecified atom stereocenters. The number of halogens is 1. The highest BCUT2D eigenvalue weighted by Gasteiger charge is 2.20. The highest BCUT2D eigenvalue weighted by Crippen LogP contribution is 2.29. The van der Waals surface area contributed by atoms with Crippen molar-refractivity contribution in [1.29, 1.82) is 0 Å². The van der Waals surface area contributed by atoms with Gasteiger partial charge in [0.15, 0.2) is 0 Å². The molecule has 2 fully saturated rings. The lowest BCUT2D eigenvalue weighted by atomic mass is 9.87. The van der Waals surface area contributed by atoms with Gasteiger partial charge in [-0.15, -0.1) is 17.5 Å². The standard InChI is InChI=1S/C14H21Cl/c15-14-10-9-13(11-14)8-4-7-12-5-2-1-3-6-12/h12-14H,1-3,5-7,9-11H2. The number of rotatable bonds is 1. The summed E-state index contributed by atoms with van der Waals surface area (Å²) >= 11 is 6.07.